The number of rotatable bonds is 3. The second kappa shape index (κ2) is 5.79. The van der Waals surface area contributed by atoms with Gasteiger partial charge in [-0.3, -0.25) is 4.79 Å². The van der Waals surface area contributed by atoms with Gasteiger partial charge in [0, 0.05) is 28.2 Å². The second-order valence-electron chi connectivity index (χ2n) is 6.53. The van der Waals surface area contributed by atoms with E-state index < -0.39 is 0 Å². The van der Waals surface area contributed by atoms with Gasteiger partial charge in [0.15, 0.2) is 5.76 Å². The van der Waals surface area contributed by atoms with E-state index in [1.807, 2.05) is 44.6 Å². The molecule has 0 bridgehead atoms. The summed E-state index contributed by atoms with van der Waals surface area (Å²) in [7, 11) is 3.91. The molecule has 1 aromatic heterocycles. The molecule has 2 aromatic carbocycles. The van der Waals surface area contributed by atoms with E-state index in [9.17, 15) is 9.90 Å². The summed E-state index contributed by atoms with van der Waals surface area (Å²) in [5, 5.41) is 13.2. The Morgan fingerprint density at radius 3 is 2.80 bits per heavy atom. The second-order valence-corrected chi connectivity index (χ2v) is 6.53. The van der Waals surface area contributed by atoms with Gasteiger partial charge in [0.05, 0.1) is 19.7 Å². The third-order valence-corrected chi connectivity index (χ3v) is 4.34. The van der Waals surface area contributed by atoms with Gasteiger partial charge >= 0.3 is 0 Å². The largest absolute Gasteiger partial charge is 0.872 e. The summed E-state index contributed by atoms with van der Waals surface area (Å²) >= 11 is 0. The van der Waals surface area contributed by atoms with Crippen LogP contribution in [0.5, 0.6) is 11.5 Å². The van der Waals surface area contributed by atoms with Gasteiger partial charge in [-0.25, -0.2) is 0 Å². The maximum atomic E-state index is 12.7. The van der Waals surface area contributed by atoms with E-state index in [0.717, 1.165) is 21.4 Å². The Balaban J connectivity index is 1.78. The summed E-state index contributed by atoms with van der Waals surface area (Å²) in [5.41, 5.74) is 2.89. The number of allylic oxidation sites excluding steroid dienone is 1. The van der Waals surface area contributed by atoms with Crippen molar-refractivity contribution in [2.45, 2.75) is 6.54 Å². The van der Waals surface area contributed by atoms with Crippen molar-refractivity contribution in [3.8, 4) is 11.5 Å². The van der Waals surface area contributed by atoms with Crippen LogP contribution in [-0.2, 0) is 6.54 Å². The molecule has 0 spiro atoms. The van der Waals surface area contributed by atoms with Crippen LogP contribution in [0.4, 0.5) is 0 Å². The number of fused-ring (bicyclic) bond motifs is 2. The number of carbonyl (C=O) groups excluding carboxylic acids is 1. The number of aromatic nitrogens is 1. The van der Waals surface area contributed by atoms with Crippen LogP contribution in [0, 0.1) is 0 Å². The summed E-state index contributed by atoms with van der Waals surface area (Å²) in [6, 6.07) is 10.9. The van der Waals surface area contributed by atoms with E-state index in [-0.39, 0.29) is 17.3 Å². The molecule has 2 heterocycles. The molecule has 0 atom stereocenters. The quantitative estimate of drug-likeness (QED) is 0.713. The summed E-state index contributed by atoms with van der Waals surface area (Å²) in [6.45, 7) is 0.510. The van der Waals surface area contributed by atoms with Crippen molar-refractivity contribution in [2.75, 3.05) is 14.1 Å². The number of ether oxygens (including phenoxy) is 1. The topological polar surface area (TPSA) is 69.6 Å². The maximum Gasteiger partial charge on any atom is 0.231 e. The van der Waals surface area contributed by atoms with Crippen LogP contribution in [0.2, 0.25) is 0 Å². The van der Waals surface area contributed by atoms with Gasteiger partial charge in [-0.15, -0.1) is 0 Å². The zero-order chi connectivity index (χ0) is 17.6. The van der Waals surface area contributed by atoms with Crippen LogP contribution in [0.3, 0.4) is 0 Å². The van der Waals surface area contributed by atoms with Crippen LogP contribution >= 0.6 is 0 Å². The van der Waals surface area contributed by atoms with Gasteiger partial charge in [0.2, 0.25) is 5.78 Å². The summed E-state index contributed by atoms with van der Waals surface area (Å²) in [6.07, 6.45) is 3.58. The van der Waals surface area contributed by atoms with Gasteiger partial charge < -0.3 is 19.7 Å². The fourth-order valence-corrected chi connectivity index (χ4v) is 3.16. The molecule has 0 aliphatic carbocycles. The van der Waals surface area contributed by atoms with Crippen molar-refractivity contribution in [3.63, 3.8) is 0 Å². The molecule has 0 radical (unpaired) electrons. The molecule has 0 unspecified atom stereocenters. The fraction of sp³-hybridized carbons (Fsp3) is 0.150. The van der Waals surface area contributed by atoms with E-state index >= 15 is 0 Å². The molecule has 3 aromatic rings. The molecule has 0 amide bonds. The van der Waals surface area contributed by atoms with Crippen LogP contribution in [0.1, 0.15) is 21.5 Å². The van der Waals surface area contributed by atoms with E-state index in [4.69, 9.17) is 4.74 Å². The minimum absolute atomic E-state index is 0.0962. The fourth-order valence-electron chi connectivity index (χ4n) is 3.16. The summed E-state index contributed by atoms with van der Waals surface area (Å²) in [5.74, 6) is 0.376. The lowest BCUT2D eigenvalue weighted by atomic mass is 10.0. The number of aromatic amines is 1. The van der Waals surface area contributed by atoms with E-state index in [1.165, 1.54) is 6.07 Å². The van der Waals surface area contributed by atoms with Crippen LogP contribution in [-0.4, -0.2) is 24.9 Å². The molecule has 1 aliphatic rings. The van der Waals surface area contributed by atoms with Gasteiger partial charge in [0.1, 0.15) is 12.3 Å². The molecule has 4 rings (SSSR count). The zero-order valence-electron chi connectivity index (χ0n) is 14.1. The third-order valence-electron chi connectivity index (χ3n) is 4.34. The lowest BCUT2D eigenvalue weighted by Gasteiger charge is -2.17. The van der Waals surface area contributed by atoms with Gasteiger partial charge in [-0.05, 0) is 18.2 Å². The number of nitrogens with one attached hydrogen (secondary N) is 2. The van der Waals surface area contributed by atoms with E-state index in [2.05, 4.69) is 4.98 Å². The first-order valence-corrected chi connectivity index (χ1v) is 8.17. The highest BCUT2D eigenvalue weighted by molar-refractivity contribution is 6.15. The summed E-state index contributed by atoms with van der Waals surface area (Å²) < 4.78 is 5.84. The molecule has 2 N–H and O–H groups in total. The van der Waals surface area contributed by atoms with Crippen molar-refractivity contribution in [2.24, 2.45) is 0 Å². The number of ketones is 1. The highest BCUT2D eigenvalue weighted by atomic mass is 16.5. The molecular weight excluding hydrogens is 316 g/mol. The Kier molecular flexibility index (Phi) is 3.58. The molecule has 5 heteroatoms. The normalized spacial score (nSPS) is 15.2. The van der Waals surface area contributed by atoms with Crippen molar-refractivity contribution in [3.05, 3.63) is 65.0 Å². The van der Waals surface area contributed by atoms with Crippen molar-refractivity contribution >= 4 is 22.8 Å². The molecule has 25 heavy (non-hydrogen) atoms. The predicted molar refractivity (Wildman–Crippen MR) is 93.6 cm³/mol. The Labute approximate surface area is 145 Å². The van der Waals surface area contributed by atoms with Gasteiger partial charge in [-0.2, -0.15) is 0 Å². The SMILES string of the molecule is C[NH+](C)Cc1c([O-])ccc2c1O/C(=C\c1c[nH]c3ccccc13)C2=O. The number of H-pyrrole nitrogens is 1. The molecule has 0 saturated carbocycles. The van der Waals surface area contributed by atoms with E-state index in [0.29, 0.717) is 23.4 Å². The average Bonchev–Trinajstić information content (AvgIpc) is 3.13. The third kappa shape index (κ3) is 2.58. The molecule has 0 fully saturated rings. The number of para-hydroxylation sites is 1. The first kappa shape index (κ1) is 15.5. The smallest absolute Gasteiger partial charge is 0.231 e. The Morgan fingerprint density at radius 1 is 1.20 bits per heavy atom. The van der Waals surface area contributed by atoms with Crippen molar-refractivity contribution in [1.82, 2.24) is 4.98 Å². The maximum absolute atomic E-state index is 12.7. The zero-order valence-corrected chi connectivity index (χ0v) is 14.1. The first-order chi connectivity index (χ1) is 12.0. The first-order valence-electron chi connectivity index (χ1n) is 8.17. The minimum Gasteiger partial charge on any atom is -0.872 e. The number of carbonyl (C=O) groups is 1. The molecule has 5 nitrogen and oxygen atoms in total. The van der Waals surface area contributed by atoms with Gasteiger partial charge in [0.25, 0.3) is 0 Å². The number of hydrogen-bond acceptors (Lipinski definition) is 3. The minimum atomic E-state index is -0.185. The van der Waals surface area contributed by atoms with E-state index in [1.54, 1.807) is 12.1 Å². The monoisotopic (exact) mass is 334 g/mol. The number of quaternary nitrogens is 1. The molecule has 0 saturated heterocycles. The van der Waals surface area contributed by atoms with Crippen LogP contribution in [0.25, 0.3) is 17.0 Å². The lowest BCUT2D eigenvalue weighted by Crippen LogP contribution is -3.04. The summed E-state index contributed by atoms with van der Waals surface area (Å²) in [4.78, 5) is 17.0. The highest BCUT2D eigenvalue weighted by Crippen LogP contribution is 2.38. The number of Topliss-reactive ketones (excluding diaryl/α,β-unsaturated/α-hetero) is 1. The van der Waals surface area contributed by atoms with Gasteiger partial charge in [-0.1, -0.05) is 30.0 Å². The number of benzene rings is 2. The highest BCUT2D eigenvalue weighted by Gasteiger charge is 2.30. The Morgan fingerprint density at radius 2 is 2.00 bits per heavy atom. The molecule has 126 valence electrons. The van der Waals surface area contributed by atoms with Crippen molar-refractivity contribution in [1.29, 1.82) is 0 Å². The predicted octanol–water partition coefficient (Wildman–Crippen LogP) is 1.50. The lowest BCUT2D eigenvalue weighted by molar-refractivity contribution is -0.872. The van der Waals surface area contributed by atoms with Crippen LogP contribution in [0.15, 0.2) is 48.4 Å². The van der Waals surface area contributed by atoms with Crippen LogP contribution < -0.4 is 14.7 Å². The standard InChI is InChI=1S/C20H18N2O3/c1-22(2)11-15-17(23)8-7-14-19(24)18(25-20(14)15)9-12-10-21-16-6-4-3-5-13(12)16/h3-10,21,23H,11H2,1-2H3/b18-9-. The number of hydrogen-bond donors (Lipinski definition) is 2. The Hall–Kier alpha value is -3.05. The Bertz CT molecular complexity index is 1010. The van der Waals surface area contributed by atoms with Crippen molar-refractivity contribution < 1.29 is 19.5 Å². The molecule has 1 aliphatic heterocycles. The average molecular weight is 334 g/mol. The molecular formula is C20H18N2O3.